The lowest BCUT2D eigenvalue weighted by atomic mass is 10.2. The zero-order valence-electron chi connectivity index (χ0n) is 10.0. The number of ether oxygens (including phenoxy) is 1. The van der Waals surface area contributed by atoms with E-state index in [1.807, 2.05) is 0 Å². The Morgan fingerprint density at radius 1 is 1.42 bits per heavy atom. The van der Waals surface area contributed by atoms with Crippen LogP contribution < -0.4 is 0 Å². The molecule has 2 heterocycles. The van der Waals surface area contributed by atoms with Crippen LogP contribution in [0.5, 0.6) is 0 Å². The van der Waals surface area contributed by atoms with Gasteiger partial charge in [-0.1, -0.05) is 0 Å². The number of halogens is 1. The number of carbonyl (C=O) groups is 1. The third-order valence-corrected chi connectivity index (χ3v) is 5.84. The normalized spacial score (nSPS) is 24.8. The molecule has 3 rings (SSSR count). The summed E-state index contributed by atoms with van der Waals surface area (Å²) in [4.78, 5) is 12.3. The fourth-order valence-electron chi connectivity index (χ4n) is 2.41. The molecule has 0 spiro atoms. The topological polar surface area (TPSA) is 63.7 Å². The Morgan fingerprint density at radius 2 is 2.21 bits per heavy atom. The molecule has 0 saturated carbocycles. The minimum absolute atomic E-state index is 0.107. The molecule has 19 heavy (non-hydrogen) atoms. The molecular formula is C12H12INO4S. The van der Waals surface area contributed by atoms with Crippen molar-refractivity contribution in [2.45, 2.75) is 23.8 Å². The molecule has 102 valence electrons. The molecule has 1 atom stereocenters. The fourth-order valence-corrected chi connectivity index (χ4v) is 4.48. The number of carbonyl (C=O) groups excluding carboxylic acids is 1. The number of sulfonamides is 1. The molecule has 0 radical (unpaired) electrons. The molecule has 1 fully saturated rings. The van der Waals surface area contributed by atoms with Crippen LogP contribution in [0.4, 0.5) is 0 Å². The molecule has 1 unspecified atom stereocenters. The van der Waals surface area contributed by atoms with E-state index in [9.17, 15) is 13.2 Å². The standard InChI is InChI=1S/C12H12INO4S/c13-8-3-4-11-10(6-8)12(15)14(19(11,16)17)7-9-2-1-5-18-9/h3-4,6,9H,1-2,5,7H2. The van der Waals surface area contributed by atoms with Crippen molar-refractivity contribution < 1.29 is 17.9 Å². The Kier molecular flexibility index (Phi) is 3.30. The monoisotopic (exact) mass is 393 g/mol. The predicted octanol–water partition coefficient (Wildman–Crippen LogP) is 1.61. The highest BCUT2D eigenvalue weighted by Crippen LogP contribution is 2.32. The van der Waals surface area contributed by atoms with Crippen LogP contribution in [0.1, 0.15) is 23.2 Å². The smallest absolute Gasteiger partial charge is 0.269 e. The molecule has 5 nitrogen and oxygen atoms in total. The van der Waals surface area contributed by atoms with Gasteiger partial charge in [0.2, 0.25) is 0 Å². The maximum atomic E-state index is 12.3. The van der Waals surface area contributed by atoms with E-state index in [1.54, 1.807) is 12.1 Å². The zero-order chi connectivity index (χ0) is 13.6. The number of benzene rings is 1. The quantitative estimate of drug-likeness (QED) is 0.717. The summed E-state index contributed by atoms with van der Waals surface area (Å²) >= 11 is 2.06. The average Bonchev–Trinajstić information content (AvgIpc) is 2.92. The second kappa shape index (κ2) is 4.71. The molecule has 0 bridgehead atoms. The Balaban J connectivity index is 1.98. The van der Waals surface area contributed by atoms with Crippen molar-refractivity contribution in [1.29, 1.82) is 0 Å². The summed E-state index contributed by atoms with van der Waals surface area (Å²) in [6.45, 7) is 0.754. The first-order chi connectivity index (χ1) is 9.00. The largest absolute Gasteiger partial charge is 0.376 e. The van der Waals surface area contributed by atoms with Gasteiger partial charge in [0.15, 0.2) is 0 Å². The Bertz CT molecular complexity index is 637. The van der Waals surface area contributed by atoms with Crippen LogP contribution in [-0.4, -0.2) is 37.9 Å². The number of amides is 1. The van der Waals surface area contributed by atoms with Crippen LogP contribution in [0.25, 0.3) is 0 Å². The molecule has 1 amide bonds. The van der Waals surface area contributed by atoms with Crippen molar-refractivity contribution in [2.75, 3.05) is 13.2 Å². The van der Waals surface area contributed by atoms with E-state index < -0.39 is 15.9 Å². The summed E-state index contributed by atoms with van der Waals surface area (Å²) in [7, 11) is -3.70. The van der Waals surface area contributed by atoms with E-state index in [-0.39, 0.29) is 23.1 Å². The van der Waals surface area contributed by atoms with Crippen LogP contribution in [0.3, 0.4) is 0 Å². The van der Waals surface area contributed by atoms with Gasteiger partial charge in [-0.05, 0) is 53.6 Å². The highest BCUT2D eigenvalue weighted by molar-refractivity contribution is 14.1. The third-order valence-electron chi connectivity index (χ3n) is 3.36. The van der Waals surface area contributed by atoms with Gasteiger partial charge in [0.05, 0.1) is 18.2 Å². The van der Waals surface area contributed by atoms with Crippen molar-refractivity contribution in [3.05, 3.63) is 27.3 Å². The van der Waals surface area contributed by atoms with E-state index in [0.29, 0.717) is 6.61 Å². The summed E-state index contributed by atoms with van der Waals surface area (Å²) in [5, 5.41) is 0. The minimum atomic E-state index is -3.70. The molecular weight excluding hydrogens is 381 g/mol. The predicted molar refractivity (Wildman–Crippen MR) is 76.4 cm³/mol. The van der Waals surface area contributed by atoms with Gasteiger partial charge in [-0.3, -0.25) is 4.79 Å². The molecule has 1 aromatic rings. The fraction of sp³-hybridized carbons (Fsp3) is 0.417. The van der Waals surface area contributed by atoms with Gasteiger partial charge in [-0.2, -0.15) is 0 Å². The highest BCUT2D eigenvalue weighted by atomic mass is 127. The van der Waals surface area contributed by atoms with Crippen LogP contribution in [0, 0.1) is 3.57 Å². The van der Waals surface area contributed by atoms with Gasteiger partial charge >= 0.3 is 0 Å². The van der Waals surface area contributed by atoms with Crippen LogP contribution >= 0.6 is 22.6 Å². The second-order valence-electron chi connectivity index (χ2n) is 4.62. The molecule has 1 saturated heterocycles. The average molecular weight is 393 g/mol. The van der Waals surface area contributed by atoms with Crippen LogP contribution in [-0.2, 0) is 14.8 Å². The number of hydrogen-bond donors (Lipinski definition) is 0. The molecule has 2 aliphatic rings. The third kappa shape index (κ3) is 2.17. The molecule has 0 aliphatic carbocycles. The maximum Gasteiger partial charge on any atom is 0.269 e. The highest BCUT2D eigenvalue weighted by Gasteiger charge is 2.42. The molecule has 2 aliphatic heterocycles. The zero-order valence-corrected chi connectivity index (χ0v) is 13.0. The lowest BCUT2D eigenvalue weighted by Crippen LogP contribution is -2.36. The molecule has 7 heteroatoms. The Hall–Kier alpha value is -0.670. The van der Waals surface area contributed by atoms with Gasteiger partial charge in [-0.25, -0.2) is 12.7 Å². The lowest BCUT2D eigenvalue weighted by Gasteiger charge is -2.18. The Labute approximate surface area is 125 Å². The summed E-state index contributed by atoms with van der Waals surface area (Å²) in [5.74, 6) is -0.441. The van der Waals surface area contributed by atoms with Gasteiger partial charge < -0.3 is 4.74 Å². The van der Waals surface area contributed by atoms with Crippen molar-refractivity contribution in [3.63, 3.8) is 0 Å². The maximum absolute atomic E-state index is 12.3. The van der Waals surface area contributed by atoms with E-state index in [4.69, 9.17) is 4.74 Å². The van der Waals surface area contributed by atoms with Crippen molar-refractivity contribution >= 4 is 38.5 Å². The summed E-state index contributed by atoms with van der Waals surface area (Å²) in [6.07, 6.45) is 1.54. The number of fused-ring (bicyclic) bond motifs is 1. The van der Waals surface area contributed by atoms with Gasteiger partial charge in [0.25, 0.3) is 15.9 Å². The van der Waals surface area contributed by atoms with E-state index >= 15 is 0 Å². The SMILES string of the molecule is O=C1c2cc(I)ccc2S(=O)(=O)N1CC1CCCO1. The lowest BCUT2D eigenvalue weighted by molar-refractivity contribution is 0.0708. The number of nitrogens with zero attached hydrogens (tertiary/aromatic N) is 1. The summed E-state index contributed by atoms with van der Waals surface area (Å²) in [5.41, 5.74) is 0.268. The van der Waals surface area contributed by atoms with Gasteiger partial charge in [0.1, 0.15) is 4.90 Å². The molecule has 0 N–H and O–H groups in total. The minimum Gasteiger partial charge on any atom is -0.376 e. The first kappa shape index (κ1) is 13.3. The van der Waals surface area contributed by atoms with Gasteiger partial charge in [-0.15, -0.1) is 0 Å². The number of rotatable bonds is 2. The van der Waals surface area contributed by atoms with Crippen molar-refractivity contribution in [2.24, 2.45) is 0 Å². The van der Waals surface area contributed by atoms with E-state index in [2.05, 4.69) is 22.6 Å². The first-order valence-electron chi connectivity index (χ1n) is 5.98. The summed E-state index contributed by atoms with van der Waals surface area (Å²) in [6, 6.07) is 4.81. The van der Waals surface area contributed by atoms with Crippen LogP contribution in [0.15, 0.2) is 23.1 Å². The first-order valence-corrected chi connectivity index (χ1v) is 8.50. The Morgan fingerprint density at radius 3 is 2.89 bits per heavy atom. The van der Waals surface area contributed by atoms with Crippen molar-refractivity contribution in [3.8, 4) is 0 Å². The number of hydrogen-bond acceptors (Lipinski definition) is 4. The van der Waals surface area contributed by atoms with Crippen molar-refractivity contribution in [1.82, 2.24) is 4.31 Å². The van der Waals surface area contributed by atoms with Crippen LogP contribution in [0.2, 0.25) is 0 Å². The second-order valence-corrected chi connectivity index (χ2v) is 7.69. The summed E-state index contributed by atoms with van der Waals surface area (Å²) < 4.78 is 31.9. The molecule has 0 aromatic heterocycles. The van der Waals surface area contributed by atoms with E-state index in [1.165, 1.54) is 6.07 Å². The molecule has 1 aromatic carbocycles. The van der Waals surface area contributed by atoms with E-state index in [0.717, 1.165) is 20.7 Å². The van der Waals surface area contributed by atoms with Gasteiger partial charge in [0, 0.05) is 10.2 Å².